The maximum atomic E-state index is 12.6. The lowest BCUT2D eigenvalue weighted by molar-refractivity contribution is 0.224. The van der Waals surface area contributed by atoms with Crippen LogP contribution in [0.1, 0.15) is 156 Å². The molecule has 0 spiro atoms. The van der Waals surface area contributed by atoms with Crippen molar-refractivity contribution >= 4 is 33.0 Å². The van der Waals surface area contributed by atoms with Gasteiger partial charge in [0, 0.05) is 40.6 Å². The van der Waals surface area contributed by atoms with Crippen LogP contribution >= 0.6 is 0 Å². The van der Waals surface area contributed by atoms with Gasteiger partial charge in [-0.15, -0.1) is 0 Å². The van der Waals surface area contributed by atoms with Crippen LogP contribution in [0.5, 0.6) is 5.75 Å². The number of hydrogen-bond donors (Lipinski definition) is 1. The number of rotatable bonds is 9. The molecular weight excluding hydrogens is 917 g/mol. The predicted octanol–water partition coefficient (Wildman–Crippen LogP) is 20.4. The number of fused-ring (bicyclic) bond motifs is 4. The number of benzene rings is 7. The zero-order chi connectivity index (χ0) is 53.6. The lowest BCUT2D eigenvalue weighted by Gasteiger charge is -2.34. The van der Waals surface area contributed by atoms with Crippen molar-refractivity contribution in [2.24, 2.45) is 5.41 Å². The highest BCUT2D eigenvalue weighted by molar-refractivity contribution is 6.12. The number of phenolic OH excluding ortho intramolecular Hbond substituents is 1. The number of nitrogens with zero attached hydrogens (tertiary/aromatic N) is 2. The van der Waals surface area contributed by atoms with Crippen molar-refractivity contribution in [3.63, 3.8) is 0 Å². The first-order valence-corrected chi connectivity index (χ1v) is 27.2. The van der Waals surface area contributed by atoms with Crippen LogP contribution in [0.25, 0.3) is 100 Å². The van der Waals surface area contributed by atoms with Gasteiger partial charge in [-0.25, -0.2) is 4.98 Å². The summed E-state index contributed by atoms with van der Waals surface area (Å²) in [6.07, 6.45) is 5.81. The summed E-state index contributed by atoms with van der Waals surface area (Å²) in [5.41, 5.74) is 18.6. The highest BCUT2D eigenvalue weighted by atomic mass is 16.4. The third-order valence-electron chi connectivity index (χ3n) is 16.0. The first-order valence-electron chi connectivity index (χ1n) is 27.7. The lowest BCUT2D eigenvalue weighted by Crippen LogP contribution is -2.20. The number of hydrogen-bond acceptors (Lipinski definition) is 5. The standard InChI is InChI=1S/C70H72N2O3/c1-41(2)55-37-48(43-18-14-13-15-19-43)38-56(42(3)4)61(55)54-27-26-52(63-66(54)75-67(72-63)62-64(73)58(69(8,9)10)40-57-53-20-16-17-21-60(53)74-65(57)62)49-34-50(36-51(35-49)68(5,6)7)59-39-47(30-33-71-59)45-24-22-44(23-25-45)46-28-31-70(11,12)32-29-46/h13-27,30,33-42,46,73H,28-29,31-32H2,1-12H3/i46D. The normalized spacial score (nSPS) is 15.1. The summed E-state index contributed by atoms with van der Waals surface area (Å²) in [6, 6.07) is 49.7. The van der Waals surface area contributed by atoms with Crippen LogP contribution in [-0.4, -0.2) is 15.1 Å². The molecule has 1 aliphatic carbocycles. The zero-order valence-electron chi connectivity index (χ0n) is 47.0. The molecule has 0 aliphatic heterocycles. The molecular formula is C70H72N2O3. The van der Waals surface area contributed by atoms with Crippen molar-refractivity contribution in [1.82, 2.24) is 9.97 Å². The van der Waals surface area contributed by atoms with E-state index in [4.69, 9.17) is 18.8 Å². The van der Waals surface area contributed by atoms with Gasteiger partial charge in [0.25, 0.3) is 0 Å². The summed E-state index contributed by atoms with van der Waals surface area (Å²) in [4.78, 5) is 10.6. The van der Waals surface area contributed by atoms with E-state index in [1.54, 1.807) is 0 Å². The van der Waals surface area contributed by atoms with Gasteiger partial charge in [0.05, 0.1) is 5.69 Å². The lowest BCUT2D eigenvalue weighted by atomic mass is 9.71. The molecule has 0 radical (unpaired) electrons. The van der Waals surface area contributed by atoms with Gasteiger partial charge in [0.15, 0.2) is 11.2 Å². The van der Waals surface area contributed by atoms with Crippen LogP contribution in [0.2, 0.25) is 0 Å². The van der Waals surface area contributed by atoms with Gasteiger partial charge in [0.2, 0.25) is 5.89 Å². The fourth-order valence-corrected chi connectivity index (χ4v) is 11.4. The van der Waals surface area contributed by atoms with Crippen molar-refractivity contribution in [2.45, 2.75) is 137 Å². The van der Waals surface area contributed by atoms with E-state index in [1.165, 1.54) is 22.3 Å². The first-order chi connectivity index (χ1) is 36.1. The van der Waals surface area contributed by atoms with Crippen molar-refractivity contribution in [3.8, 4) is 73.0 Å². The van der Waals surface area contributed by atoms with Crippen LogP contribution in [0, 0.1) is 5.41 Å². The number of para-hydroxylation sites is 1. The fraction of sp³-hybridized carbons (Fsp3) is 0.314. The average molecular weight is 990 g/mol. The second kappa shape index (κ2) is 18.8. The molecule has 1 saturated carbocycles. The predicted molar refractivity (Wildman–Crippen MR) is 314 cm³/mol. The highest BCUT2D eigenvalue weighted by Crippen LogP contribution is 2.51. The molecule has 0 saturated heterocycles. The SMILES string of the molecule is [2H]C1(c2ccc(-c3ccnc(-c4cc(-c5ccc(-c6c(C(C)C)cc(-c7ccccc7)cc6C(C)C)c6oc(-c7c(O)c(C(C)(C)C)cc8c7oc7ccccc78)nc56)cc(C(C)(C)C)c4)c3)cc2)CCC(C)(C)CC1. The molecule has 5 nitrogen and oxygen atoms in total. The van der Waals surface area contributed by atoms with E-state index < -0.39 is 11.3 Å². The third kappa shape index (κ3) is 9.38. The van der Waals surface area contributed by atoms with Crippen LogP contribution in [0.3, 0.4) is 0 Å². The van der Waals surface area contributed by atoms with E-state index in [-0.39, 0.29) is 23.0 Å². The molecule has 75 heavy (non-hydrogen) atoms. The van der Waals surface area contributed by atoms with E-state index in [2.05, 4.69) is 204 Å². The number of phenols is 1. The van der Waals surface area contributed by atoms with E-state index in [9.17, 15) is 6.48 Å². The molecule has 1 fully saturated rings. The Kier molecular flexibility index (Phi) is 12.2. The minimum atomic E-state index is -0.549. The topological polar surface area (TPSA) is 72.3 Å². The summed E-state index contributed by atoms with van der Waals surface area (Å²) < 4.78 is 23.4. The Hall–Kier alpha value is -7.24. The number of pyridine rings is 1. The molecule has 7 aromatic carbocycles. The third-order valence-corrected chi connectivity index (χ3v) is 16.0. The molecule has 11 rings (SSSR count). The molecule has 0 bridgehead atoms. The summed E-state index contributed by atoms with van der Waals surface area (Å²) in [5, 5.41) is 14.5. The minimum absolute atomic E-state index is 0.0986. The largest absolute Gasteiger partial charge is 0.507 e. The Labute approximate surface area is 445 Å². The summed E-state index contributed by atoms with van der Waals surface area (Å²) >= 11 is 0. The smallest absolute Gasteiger partial charge is 0.234 e. The molecule has 380 valence electrons. The van der Waals surface area contributed by atoms with Gasteiger partial charge in [-0.3, -0.25) is 4.98 Å². The molecule has 1 N–H and O–H groups in total. The molecule has 3 heterocycles. The second-order valence-electron chi connectivity index (χ2n) is 24.8. The van der Waals surface area contributed by atoms with Gasteiger partial charge in [-0.1, -0.05) is 180 Å². The van der Waals surface area contributed by atoms with Crippen LogP contribution < -0.4 is 0 Å². The Morgan fingerprint density at radius 3 is 1.89 bits per heavy atom. The van der Waals surface area contributed by atoms with E-state index in [0.717, 1.165) is 103 Å². The van der Waals surface area contributed by atoms with Crippen LogP contribution in [0.15, 0.2) is 155 Å². The van der Waals surface area contributed by atoms with Gasteiger partial charge >= 0.3 is 0 Å². The summed E-state index contributed by atoms with van der Waals surface area (Å²) in [5.74, 6) is 0.211. The number of oxazole rings is 1. The Balaban J connectivity index is 1.13. The summed E-state index contributed by atoms with van der Waals surface area (Å²) in [7, 11) is 0. The summed E-state index contributed by atoms with van der Waals surface area (Å²) in [6.45, 7) is 26.9. The number of aromatic hydroxyl groups is 1. The number of furan rings is 1. The van der Waals surface area contributed by atoms with Crippen LogP contribution in [0.4, 0.5) is 0 Å². The molecule has 0 atom stereocenters. The van der Waals surface area contributed by atoms with Crippen LogP contribution in [-0.2, 0) is 10.8 Å². The van der Waals surface area contributed by atoms with Gasteiger partial charge in [-0.2, -0.15) is 0 Å². The van der Waals surface area contributed by atoms with Crippen molar-refractivity contribution in [3.05, 3.63) is 174 Å². The maximum Gasteiger partial charge on any atom is 0.234 e. The Bertz CT molecular complexity index is 3800. The van der Waals surface area contributed by atoms with Crippen molar-refractivity contribution < 1.29 is 15.3 Å². The molecule has 0 amide bonds. The van der Waals surface area contributed by atoms with E-state index in [1.807, 2.05) is 24.4 Å². The average Bonchev–Trinajstić information content (AvgIpc) is 4.01. The molecule has 1 aliphatic rings. The first kappa shape index (κ1) is 48.7. The molecule has 5 heteroatoms. The second-order valence-corrected chi connectivity index (χ2v) is 24.8. The Morgan fingerprint density at radius 1 is 0.587 bits per heavy atom. The quantitative estimate of drug-likeness (QED) is 0.156. The number of aromatic nitrogens is 2. The van der Waals surface area contributed by atoms with Crippen molar-refractivity contribution in [1.29, 1.82) is 0 Å². The Morgan fingerprint density at radius 2 is 1.23 bits per heavy atom. The molecule has 3 aromatic heterocycles. The minimum Gasteiger partial charge on any atom is -0.507 e. The van der Waals surface area contributed by atoms with Crippen molar-refractivity contribution in [2.75, 3.05) is 0 Å². The fourth-order valence-electron chi connectivity index (χ4n) is 11.4. The van der Waals surface area contributed by atoms with E-state index >= 15 is 0 Å². The monoisotopic (exact) mass is 990 g/mol. The molecule has 0 unspecified atom stereocenters. The molecule has 10 aromatic rings. The maximum absolute atomic E-state index is 12.6. The van der Waals surface area contributed by atoms with E-state index in [0.29, 0.717) is 33.6 Å². The van der Waals surface area contributed by atoms with Gasteiger partial charge < -0.3 is 13.9 Å². The highest BCUT2D eigenvalue weighted by Gasteiger charge is 2.32. The van der Waals surface area contributed by atoms with Gasteiger partial charge in [0.1, 0.15) is 22.4 Å². The van der Waals surface area contributed by atoms with Gasteiger partial charge in [-0.05, 0) is 158 Å². The zero-order valence-corrected chi connectivity index (χ0v) is 46.0.